The number of rotatable bonds is 3. The lowest BCUT2D eigenvalue weighted by Crippen LogP contribution is -2.47. The number of hydrogen-bond acceptors (Lipinski definition) is 4. The fraction of sp³-hybridized carbons (Fsp3) is 0.294. The van der Waals surface area contributed by atoms with E-state index in [-0.39, 0.29) is 11.7 Å². The Bertz CT molecular complexity index is 685. The number of hydrogen-bond donors (Lipinski definition) is 0. The maximum absolute atomic E-state index is 12.6. The number of aldehydes is 1. The smallest absolute Gasteiger partial charge is 0.253 e. The van der Waals surface area contributed by atoms with Crippen molar-refractivity contribution in [1.29, 1.82) is 0 Å². The van der Waals surface area contributed by atoms with Crippen LogP contribution in [0.15, 0.2) is 40.8 Å². The minimum absolute atomic E-state index is 0.0390. The van der Waals surface area contributed by atoms with Gasteiger partial charge in [0.05, 0.1) is 0 Å². The summed E-state index contributed by atoms with van der Waals surface area (Å²) in [6.45, 7) is 3.28. The van der Waals surface area contributed by atoms with Gasteiger partial charge in [-0.25, -0.2) is 0 Å². The summed E-state index contributed by atoms with van der Waals surface area (Å²) < 4.78 is 5.41. The van der Waals surface area contributed by atoms with E-state index in [1.807, 2.05) is 29.2 Å². The highest BCUT2D eigenvalue weighted by Crippen LogP contribution is 2.23. The lowest BCUT2D eigenvalue weighted by Gasteiger charge is -2.32. The van der Waals surface area contributed by atoms with Gasteiger partial charge in [0.15, 0.2) is 12.0 Å². The predicted molar refractivity (Wildman–Crippen MR) is 82.9 cm³/mol. The van der Waals surface area contributed by atoms with E-state index in [4.69, 9.17) is 4.42 Å². The van der Waals surface area contributed by atoms with Crippen molar-refractivity contribution in [1.82, 2.24) is 9.80 Å². The van der Waals surface area contributed by atoms with Gasteiger partial charge in [0.25, 0.3) is 5.91 Å². The molecule has 1 aliphatic rings. The summed E-state index contributed by atoms with van der Waals surface area (Å²) in [5, 5.41) is 0. The van der Waals surface area contributed by atoms with Crippen molar-refractivity contribution in [3.8, 4) is 11.3 Å². The lowest BCUT2D eigenvalue weighted by molar-refractivity contribution is 0.0664. The van der Waals surface area contributed by atoms with E-state index in [1.165, 1.54) is 0 Å². The zero-order chi connectivity index (χ0) is 15.5. The van der Waals surface area contributed by atoms with Crippen LogP contribution in [0.25, 0.3) is 11.3 Å². The third-order valence-electron chi connectivity index (χ3n) is 3.93. The molecule has 0 N–H and O–H groups in total. The van der Waals surface area contributed by atoms with Crippen molar-refractivity contribution >= 4 is 12.2 Å². The van der Waals surface area contributed by atoms with E-state index in [9.17, 15) is 9.59 Å². The number of carbonyl (C=O) groups is 2. The minimum atomic E-state index is 0.0390. The van der Waals surface area contributed by atoms with Gasteiger partial charge >= 0.3 is 0 Å². The van der Waals surface area contributed by atoms with Crippen LogP contribution in [0, 0.1) is 0 Å². The molecule has 0 atom stereocenters. The number of likely N-dealkylation sites (N-methyl/N-ethyl adjacent to an activating group) is 1. The Balaban J connectivity index is 1.81. The molecule has 1 aromatic heterocycles. The first-order valence-electron chi connectivity index (χ1n) is 7.30. The predicted octanol–water partition coefficient (Wildman–Crippen LogP) is 2.15. The molecule has 5 heteroatoms. The molecule has 2 heterocycles. The van der Waals surface area contributed by atoms with Crippen LogP contribution in [-0.4, -0.2) is 55.2 Å². The summed E-state index contributed by atoms with van der Waals surface area (Å²) in [4.78, 5) is 27.4. The SMILES string of the molecule is CN1CCN(C(=O)c2cccc(-c3ccc(C=O)o3)c2)CC1. The third-order valence-corrected chi connectivity index (χ3v) is 3.93. The molecular weight excluding hydrogens is 280 g/mol. The highest BCUT2D eigenvalue weighted by atomic mass is 16.3. The molecule has 22 heavy (non-hydrogen) atoms. The van der Waals surface area contributed by atoms with Gasteiger partial charge in [0.1, 0.15) is 5.76 Å². The Morgan fingerprint density at radius 3 is 2.59 bits per heavy atom. The summed E-state index contributed by atoms with van der Waals surface area (Å²) >= 11 is 0. The van der Waals surface area contributed by atoms with Gasteiger partial charge in [0, 0.05) is 37.3 Å². The lowest BCUT2D eigenvalue weighted by atomic mass is 10.1. The molecule has 0 spiro atoms. The molecule has 0 unspecified atom stereocenters. The van der Waals surface area contributed by atoms with E-state index in [0.717, 1.165) is 31.7 Å². The van der Waals surface area contributed by atoms with Gasteiger partial charge in [-0.05, 0) is 31.3 Å². The van der Waals surface area contributed by atoms with Crippen molar-refractivity contribution < 1.29 is 14.0 Å². The Morgan fingerprint density at radius 1 is 1.14 bits per heavy atom. The molecule has 2 aromatic rings. The van der Waals surface area contributed by atoms with Crippen molar-refractivity contribution in [3.63, 3.8) is 0 Å². The van der Waals surface area contributed by atoms with E-state index in [1.54, 1.807) is 12.1 Å². The molecule has 3 rings (SSSR count). The number of carbonyl (C=O) groups excluding carboxylic acids is 2. The van der Waals surface area contributed by atoms with Crippen LogP contribution in [-0.2, 0) is 0 Å². The van der Waals surface area contributed by atoms with Gasteiger partial charge in [0.2, 0.25) is 0 Å². The molecule has 0 bridgehead atoms. The Kier molecular flexibility index (Phi) is 4.06. The molecule has 0 saturated carbocycles. The molecule has 0 aliphatic carbocycles. The Morgan fingerprint density at radius 2 is 1.91 bits per heavy atom. The Labute approximate surface area is 129 Å². The summed E-state index contributed by atoms with van der Waals surface area (Å²) in [6, 6.07) is 10.7. The molecular formula is C17H18N2O3. The van der Waals surface area contributed by atoms with E-state index in [2.05, 4.69) is 11.9 Å². The zero-order valence-corrected chi connectivity index (χ0v) is 12.5. The topological polar surface area (TPSA) is 53.8 Å². The normalized spacial score (nSPS) is 15.8. The second-order valence-electron chi connectivity index (χ2n) is 5.50. The van der Waals surface area contributed by atoms with E-state index >= 15 is 0 Å². The maximum Gasteiger partial charge on any atom is 0.253 e. The van der Waals surface area contributed by atoms with E-state index in [0.29, 0.717) is 17.6 Å². The number of benzene rings is 1. The number of amides is 1. The number of nitrogens with zero attached hydrogens (tertiary/aromatic N) is 2. The van der Waals surface area contributed by atoms with Gasteiger partial charge in [-0.1, -0.05) is 12.1 Å². The van der Waals surface area contributed by atoms with Crippen LogP contribution in [0.4, 0.5) is 0 Å². The molecule has 0 radical (unpaired) electrons. The Hall–Kier alpha value is -2.40. The number of furan rings is 1. The fourth-order valence-corrected chi connectivity index (χ4v) is 2.57. The van der Waals surface area contributed by atoms with Crippen LogP contribution in [0.1, 0.15) is 20.9 Å². The van der Waals surface area contributed by atoms with E-state index < -0.39 is 0 Å². The molecule has 1 saturated heterocycles. The van der Waals surface area contributed by atoms with Crippen LogP contribution < -0.4 is 0 Å². The first-order valence-corrected chi connectivity index (χ1v) is 7.30. The summed E-state index contributed by atoms with van der Waals surface area (Å²) in [5.74, 6) is 0.915. The average molecular weight is 298 g/mol. The minimum Gasteiger partial charge on any atom is -0.453 e. The van der Waals surface area contributed by atoms with Gasteiger partial charge < -0.3 is 14.2 Å². The summed E-state index contributed by atoms with van der Waals surface area (Å²) in [6.07, 6.45) is 0.669. The van der Waals surface area contributed by atoms with Crippen molar-refractivity contribution in [2.24, 2.45) is 0 Å². The standard InChI is InChI=1S/C17H18N2O3/c1-18-7-9-19(10-8-18)17(21)14-4-2-3-13(11-14)16-6-5-15(12-20)22-16/h2-6,11-12H,7-10H2,1H3. The number of piperazine rings is 1. The second kappa shape index (κ2) is 6.15. The highest BCUT2D eigenvalue weighted by molar-refractivity contribution is 5.95. The molecule has 1 aliphatic heterocycles. The molecule has 1 aromatic carbocycles. The van der Waals surface area contributed by atoms with Crippen LogP contribution >= 0.6 is 0 Å². The fourth-order valence-electron chi connectivity index (χ4n) is 2.57. The molecule has 1 fully saturated rings. The molecule has 114 valence electrons. The van der Waals surface area contributed by atoms with Gasteiger partial charge in [-0.3, -0.25) is 9.59 Å². The van der Waals surface area contributed by atoms with Crippen LogP contribution in [0.5, 0.6) is 0 Å². The van der Waals surface area contributed by atoms with Crippen LogP contribution in [0.2, 0.25) is 0 Å². The zero-order valence-electron chi connectivity index (χ0n) is 12.5. The molecule has 5 nitrogen and oxygen atoms in total. The monoisotopic (exact) mass is 298 g/mol. The quantitative estimate of drug-likeness (QED) is 0.815. The maximum atomic E-state index is 12.6. The van der Waals surface area contributed by atoms with Crippen molar-refractivity contribution in [2.45, 2.75) is 0 Å². The van der Waals surface area contributed by atoms with Crippen molar-refractivity contribution in [2.75, 3.05) is 33.2 Å². The van der Waals surface area contributed by atoms with Gasteiger partial charge in [-0.15, -0.1) is 0 Å². The third kappa shape index (κ3) is 2.94. The summed E-state index contributed by atoms with van der Waals surface area (Å²) in [5.41, 5.74) is 1.44. The summed E-state index contributed by atoms with van der Waals surface area (Å²) in [7, 11) is 2.06. The second-order valence-corrected chi connectivity index (χ2v) is 5.50. The first-order chi connectivity index (χ1) is 10.7. The van der Waals surface area contributed by atoms with Gasteiger partial charge in [-0.2, -0.15) is 0 Å². The highest BCUT2D eigenvalue weighted by Gasteiger charge is 2.20. The first kappa shape index (κ1) is 14.5. The molecule has 1 amide bonds. The largest absolute Gasteiger partial charge is 0.453 e. The van der Waals surface area contributed by atoms with Crippen molar-refractivity contribution in [3.05, 3.63) is 47.7 Å². The average Bonchev–Trinajstić information content (AvgIpc) is 3.04. The van der Waals surface area contributed by atoms with Crippen LogP contribution in [0.3, 0.4) is 0 Å².